The number of hydrogen-bond acceptors (Lipinski definition) is 3. The molecule has 0 aliphatic heterocycles. The van der Waals surface area contributed by atoms with E-state index in [9.17, 15) is 4.79 Å². The van der Waals surface area contributed by atoms with Crippen molar-refractivity contribution in [1.29, 1.82) is 0 Å². The van der Waals surface area contributed by atoms with Crippen LogP contribution in [0.4, 0.5) is 0 Å². The molecule has 0 saturated heterocycles. The summed E-state index contributed by atoms with van der Waals surface area (Å²) in [5.74, 6) is 0.233. The van der Waals surface area contributed by atoms with Crippen molar-refractivity contribution in [3.63, 3.8) is 0 Å². The molecule has 1 heterocycles. The minimum absolute atomic E-state index is 0.119. The van der Waals surface area contributed by atoms with Crippen LogP contribution in [0.5, 0.6) is 0 Å². The summed E-state index contributed by atoms with van der Waals surface area (Å²) in [6, 6.07) is 16.8. The number of amides is 1. The van der Waals surface area contributed by atoms with Crippen molar-refractivity contribution in [3.05, 3.63) is 76.4 Å². The van der Waals surface area contributed by atoms with Crippen LogP contribution in [-0.2, 0) is 0 Å². The zero-order valence-corrected chi connectivity index (χ0v) is 14.2. The van der Waals surface area contributed by atoms with Crippen LogP contribution in [0.15, 0.2) is 59.1 Å². The third-order valence-electron chi connectivity index (χ3n) is 3.84. The molecule has 0 aliphatic rings. The molecular weight excluding hydrogens is 324 g/mol. The molecule has 0 bridgehead atoms. The Morgan fingerprint density at radius 1 is 1.12 bits per heavy atom. The lowest BCUT2D eigenvalue weighted by Gasteiger charge is -2.14. The second-order valence-electron chi connectivity index (χ2n) is 5.58. The van der Waals surface area contributed by atoms with Gasteiger partial charge in [-0.25, -0.2) is 0 Å². The average Bonchev–Trinajstić information content (AvgIpc) is 2.98. The quantitative estimate of drug-likeness (QED) is 0.742. The maximum atomic E-state index is 12.7. The lowest BCUT2D eigenvalue weighted by Crippen LogP contribution is -2.27. The van der Waals surface area contributed by atoms with Crippen LogP contribution in [-0.4, -0.2) is 11.1 Å². The van der Waals surface area contributed by atoms with Crippen molar-refractivity contribution in [3.8, 4) is 11.3 Å². The van der Waals surface area contributed by atoms with E-state index in [2.05, 4.69) is 10.5 Å². The third kappa shape index (κ3) is 3.34. The molecule has 4 nitrogen and oxygen atoms in total. The maximum absolute atomic E-state index is 12.7. The maximum Gasteiger partial charge on any atom is 0.257 e. The first kappa shape index (κ1) is 16.3. The summed E-state index contributed by atoms with van der Waals surface area (Å²) >= 11 is 5.92. The Morgan fingerprint density at radius 2 is 1.79 bits per heavy atom. The molecule has 2 aromatic carbocycles. The van der Waals surface area contributed by atoms with E-state index >= 15 is 0 Å². The first-order chi connectivity index (χ1) is 11.6. The van der Waals surface area contributed by atoms with E-state index in [0.29, 0.717) is 22.0 Å². The number of carbonyl (C=O) groups excluding carboxylic acids is 1. The fraction of sp³-hybridized carbons (Fsp3) is 0.158. The average molecular weight is 341 g/mol. The third-order valence-corrected chi connectivity index (χ3v) is 4.10. The van der Waals surface area contributed by atoms with Crippen LogP contribution in [0.3, 0.4) is 0 Å². The molecule has 1 N–H and O–H groups in total. The van der Waals surface area contributed by atoms with E-state index in [1.807, 2.05) is 37.3 Å². The van der Waals surface area contributed by atoms with E-state index < -0.39 is 0 Å². The summed E-state index contributed by atoms with van der Waals surface area (Å²) in [5.41, 5.74) is 2.79. The van der Waals surface area contributed by atoms with Crippen LogP contribution < -0.4 is 5.32 Å². The van der Waals surface area contributed by atoms with Crippen LogP contribution >= 0.6 is 11.6 Å². The number of benzene rings is 2. The second-order valence-corrected chi connectivity index (χ2v) is 6.02. The number of halogens is 1. The van der Waals surface area contributed by atoms with Crippen molar-refractivity contribution in [2.24, 2.45) is 0 Å². The van der Waals surface area contributed by atoms with Gasteiger partial charge in [-0.15, -0.1) is 0 Å². The Balaban J connectivity index is 1.88. The zero-order valence-electron chi connectivity index (χ0n) is 13.4. The molecule has 0 aliphatic carbocycles. The highest BCUT2D eigenvalue weighted by Crippen LogP contribution is 2.28. The minimum Gasteiger partial charge on any atom is -0.355 e. The molecule has 3 rings (SSSR count). The van der Waals surface area contributed by atoms with Gasteiger partial charge in [0, 0.05) is 10.6 Å². The molecule has 1 atom stereocenters. The summed E-state index contributed by atoms with van der Waals surface area (Å²) < 4.78 is 5.38. The number of rotatable bonds is 4. The highest BCUT2D eigenvalue weighted by molar-refractivity contribution is 6.30. The number of nitrogens with one attached hydrogen (secondary N) is 1. The summed E-state index contributed by atoms with van der Waals surface area (Å²) in [4.78, 5) is 12.7. The largest absolute Gasteiger partial charge is 0.355 e. The van der Waals surface area contributed by atoms with E-state index in [1.54, 1.807) is 31.2 Å². The van der Waals surface area contributed by atoms with Crippen molar-refractivity contribution in [1.82, 2.24) is 10.5 Å². The molecule has 5 heteroatoms. The molecular formula is C19H17ClN2O2. The smallest absolute Gasteiger partial charge is 0.257 e. The van der Waals surface area contributed by atoms with Gasteiger partial charge in [0.05, 0.1) is 11.7 Å². The number of aromatic nitrogens is 1. The predicted octanol–water partition coefficient (Wildman–Crippen LogP) is 4.79. The van der Waals surface area contributed by atoms with Gasteiger partial charge in [0.25, 0.3) is 5.91 Å². The van der Waals surface area contributed by atoms with Crippen LogP contribution in [0.25, 0.3) is 11.3 Å². The molecule has 1 aromatic heterocycles. The Bertz CT molecular complexity index is 842. The molecule has 3 aromatic rings. The molecule has 0 unspecified atom stereocenters. The Labute approximate surface area is 145 Å². The Kier molecular flexibility index (Phi) is 4.67. The summed E-state index contributed by atoms with van der Waals surface area (Å²) in [6.45, 7) is 3.70. The fourth-order valence-corrected chi connectivity index (χ4v) is 2.66. The van der Waals surface area contributed by atoms with Gasteiger partial charge in [-0.2, -0.15) is 0 Å². The van der Waals surface area contributed by atoms with E-state index in [1.165, 1.54) is 0 Å². The van der Waals surface area contributed by atoms with E-state index in [0.717, 1.165) is 11.1 Å². The summed E-state index contributed by atoms with van der Waals surface area (Å²) in [7, 11) is 0. The topological polar surface area (TPSA) is 55.1 Å². The first-order valence-electron chi connectivity index (χ1n) is 7.64. The molecule has 24 heavy (non-hydrogen) atoms. The summed E-state index contributed by atoms with van der Waals surface area (Å²) in [5, 5.41) is 7.57. The van der Waals surface area contributed by atoms with Gasteiger partial charge in [0.15, 0.2) is 5.76 Å². The van der Waals surface area contributed by atoms with Gasteiger partial charge in [-0.3, -0.25) is 4.79 Å². The highest BCUT2D eigenvalue weighted by atomic mass is 35.5. The van der Waals surface area contributed by atoms with Gasteiger partial charge in [0.1, 0.15) is 5.56 Å². The minimum atomic E-state index is -0.213. The van der Waals surface area contributed by atoms with Crippen LogP contribution in [0.1, 0.15) is 34.6 Å². The standard InChI is InChI=1S/C19H17ClN2O2/c1-12(14-6-4-3-5-7-14)21-19(23)17-13(2)22-24-18(17)15-8-10-16(20)11-9-15/h3-12H,1-2H3,(H,21,23)/t12-/m1/s1. The van der Waals surface area contributed by atoms with Gasteiger partial charge < -0.3 is 9.84 Å². The van der Waals surface area contributed by atoms with Crippen LogP contribution in [0.2, 0.25) is 5.02 Å². The first-order valence-corrected chi connectivity index (χ1v) is 8.02. The van der Waals surface area contributed by atoms with Crippen molar-refractivity contribution in [2.45, 2.75) is 19.9 Å². The molecule has 0 fully saturated rings. The van der Waals surface area contributed by atoms with Gasteiger partial charge in [-0.05, 0) is 43.7 Å². The normalized spacial score (nSPS) is 12.0. The second kappa shape index (κ2) is 6.89. The predicted molar refractivity (Wildman–Crippen MR) is 94.0 cm³/mol. The van der Waals surface area contributed by atoms with Crippen molar-refractivity contribution < 1.29 is 9.32 Å². The Morgan fingerprint density at radius 3 is 2.46 bits per heavy atom. The highest BCUT2D eigenvalue weighted by Gasteiger charge is 2.23. The lowest BCUT2D eigenvalue weighted by molar-refractivity contribution is 0.0939. The van der Waals surface area contributed by atoms with Crippen molar-refractivity contribution in [2.75, 3.05) is 0 Å². The van der Waals surface area contributed by atoms with E-state index in [-0.39, 0.29) is 11.9 Å². The molecule has 0 saturated carbocycles. The Hall–Kier alpha value is -2.59. The number of carbonyl (C=O) groups is 1. The lowest BCUT2D eigenvalue weighted by atomic mass is 10.0. The molecule has 0 radical (unpaired) electrons. The van der Waals surface area contributed by atoms with E-state index in [4.69, 9.17) is 16.1 Å². The molecule has 1 amide bonds. The SMILES string of the molecule is Cc1noc(-c2ccc(Cl)cc2)c1C(=O)N[C@H](C)c1ccccc1. The van der Waals surface area contributed by atoms with Gasteiger partial charge in [0.2, 0.25) is 0 Å². The molecule has 122 valence electrons. The van der Waals surface area contributed by atoms with Gasteiger partial charge >= 0.3 is 0 Å². The number of hydrogen-bond donors (Lipinski definition) is 1. The number of nitrogens with zero attached hydrogens (tertiary/aromatic N) is 1. The fourth-order valence-electron chi connectivity index (χ4n) is 2.53. The monoisotopic (exact) mass is 340 g/mol. The zero-order chi connectivity index (χ0) is 17.1. The number of aryl methyl sites for hydroxylation is 1. The van der Waals surface area contributed by atoms with Crippen LogP contribution in [0, 0.1) is 6.92 Å². The summed E-state index contributed by atoms with van der Waals surface area (Å²) in [6.07, 6.45) is 0. The molecule has 0 spiro atoms. The van der Waals surface area contributed by atoms with Gasteiger partial charge in [-0.1, -0.05) is 47.1 Å². The van der Waals surface area contributed by atoms with Crippen molar-refractivity contribution >= 4 is 17.5 Å².